The second-order valence-corrected chi connectivity index (χ2v) is 7.12. The first-order valence-electron chi connectivity index (χ1n) is 7.94. The molecule has 9 heteroatoms. The molecular formula is C18H17BrClN3O3S. The summed E-state index contributed by atoms with van der Waals surface area (Å²) in [5, 5.41) is 3.09. The van der Waals surface area contributed by atoms with Crippen LogP contribution in [0.3, 0.4) is 0 Å². The average molecular weight is 471 g/mol. The van der Waals surface area contributed by atoms with E-state index in [1.807, 2.05) is 18.2 Å². The molecule has 2 amide bonds. The van der Waals surface area contributed by atoms with Crippen molar-refractivity contribution in [2.24, 2.45) is 0 Å². The topological polar surface area (TPSA) is 79.5 Å². The number of carbonyl (C=O) groups excluding carboxylic acids is 2. The summed E-state index contributed by atoms with van der Waals surface area (Å²) in [5.74, 6) is -0.165. The molecule has 2 aromatic rings. The van der Waals surface area contributed by atoms with E-state index in [9.17, 15) is 9.59 Å². The van der Waals surface area contributed by atoms with Gasteiger partial charge in [-0.15, -0.1) is 0 Å². The molecule has 2 rings (SSSR count). The van der Waals surface area contributed by atoms with Crippen LogP contribution in [0.5, 0.6) is 5.75 Å². The molecule has 27 heavy (non-hydrogen) atoms. The van der Waals surface area contributed by atoms with Gasteiger partial charge in [-0.1, -0.05) is 45.7 Å². The van der Waals surface area contributed by atoms with Crippen molar-refractivity contribution in [1.82, 2.24) is 16.2 Å². The Labute approximate surface area is 175 Å². The second-order valence-electron chi connectivity index (χ2n) is 5.38. The first-order chi connectivity index (χ1) is 12.9. The highest BCUT2D eigenvalue weighted by atomic mass is 79.9. The third-order valence-electron chi connectivity index (χ3n) is 3.33. The van der Waals surface area contributed by atoms with Crippen LogP contribution in [0.15, 0.2) is 53.0 Å². The van der Waals surface area contributed by atoms with Crippen LogP contribution in [0.1, 0.15) is 12.0 Å². The van der Waals surface area contributed by atoms with Crippen molar-refractivity contribution >= 4 is 56.7 Å². The molecule has 6 nitrogen and oxygen atoms in total. The average Bonchev–Trinajstić information content (AvgIpc) is 2.65. The highest BCUT2D eigenvalue weighted by Gasteiger charge is 2.08. The van der Waals surface area contributed by atoms with Crippen molar-refractivity contribution < 1.29 is 14.3 Å². The van der Waals surface area contributed by atoms with Crippen LogP contribution >= 0.6 is 39.7 Å². The lowest BCUT2D eigenvalue weighted by Crippen LogP contribution is -2.49. The van der Waals surface area contributed by atoms with Crippen LogP contribution < -0.4 is 20.9 Å². The van der Waals surface area contributed by atoms with E-state index < -0.39 is 5.91 Å². The Morgan fingerprint density at radius 3 is 2.44 bits per heavy atom. The Morgan fingerprint density at radius 1 is 1.04 bits per heavy atom. The number of halogens is 2. The first kappa shape index (κ1) is 21.1. The maximum atomic E-state index is 11.9. The summed E-state index contributed by atoms with van der Waals surface area (Å²) in [6.45, 7) is -0.197. The summed E-state index contributed by atoms with van der Waals surface area (Å²) in [7, 11) is 0. The van der Waals surface area contributed by atoms with Gasteiger partial charge in [0.25, 0.3) is 5.91 Å². The van der Waals surface area contributed by atoms with Gasteiger partial charge in [0, 0.05) is 15.9 Å². The van der Waals surface area contributed by atoms with E-state index in [1.54, 1.807) is 30.3 Å². The van der Waals surface area contributed by atoms with Crippen molar-refractivity contribution in [3.05, 3.63) is 63.6 Å². The lowest BCUT2D eigenvalue weighted by molar-refractivity contribution is -0.124. The number of thiocarbonyl (C=S) groups is 1. The Bertz CT molecular complexity index is 818. The molecule has 0 aliphatic heterocycles. The smallest absolute Gasteiger partial charge is 0.276 e. The van der Waals surface area contributed by atoms with Gasteiger partial charge in [0.05, 0.1) is 0 Å². The molecule has 0 heterocycles. The van der Waals surface area contributed by atoms with Crippen molar-refractivity contribution in [2.75, 3.05) is 6.61 Å². The van der Waals surface area contributed by atoms with Crippen LogP contribution in [0.4, 0.5) is 0 Å². The molecule has 142 valence electrons. The molecule has 0 saturated heterocycles. The monoisotopic (exact) mass is 469 g/mol. The maximum Gasteiger partial charge on any atom is 0.276 e. The zero-order valence-corrected chi connectivity index (χ0v) is 17.3. The van der Waals surface area contributed by atoms with E-state index >= 15 is 0 Å². The fourth-order valence-electron chi connectivity index (χ4n) is 2.01. The summed E-state index contributed by atoms with van der Waals surface area (Å²) >= 11 is 14.3. The second kappa shape index (κ2) is 10.9. The molecule has 0 radical (unpaired) electrons. The highest BCUT2D eigenvalue weighted by Crippen LogP contribution is 2.16. The van der Waals surface area contributed by atoms with E-state index in [4.69, 9.17) is 28.6 Å². The van der Waals surface area contributed by atoms with Crippen molar-refractivity contribution in [3.8, 4) is 5.75 Å². The normalized spacial score (nSPS) is 10.0. The van der Waals surface area contributed by atoms with Crippen LogP contribution in [-0.4, -0.2) is 23.5 Å². The number of hydrogen-bond donors (Lipinski definition) is 3. The molecule has 0 aromatic heterocycles. The third kappa shape index (κ3) is 7.94. The summed E-state index contributed by atoms with van der Waals surface area (Å²) in [6, 6.07) is 14.4. The number of carbonyl (C=O) groups is 2. The first-order valence-corrected chi connectivity index (χ1v) is 9.52. The van der Waals surface area contributed by atoms with Gasteiger partial charge in [0.15, 0.2) is 11.7 Å². The summed E-state index contributed by atoms with van der Waals surface area (Å²) in [5.41, 5.74) is 5.69. The number of amides is 2. The maximum absolute atomic E-state index is 11.9. The molecule has 0 spiro atoms. The zero-order valence-electron chi connectivity index (χ0n) is 14.1. The molecule has 0 saturated carbocycles. The Kier molecular flexibility index (Phi) is 8.50. The number of hydrazine groups is 1. The predicted molar refractivity (Wildman–Crippen MR) is 111 cm³/mol. The molecule has 3 N–H and O–H groups in total. The molecular weight excluding hydrogens is 454 g/mol. The third-order valence-corrected chi connectivity index (χ3v) is 4.43. The van der Waals surface area contributed by atoms with Crippen LogP contribution in [0.25, 0.3) is 0 Å². The lowest BCUT2D eigenvalue weighted by atomic mass is 10.1. The molecule has 0 bridgehead atoms. The summed E-state index contributed by atoms with van der Waals surface area (Å²) in [6.07, 6.45) is 0.702. The van der Waals surface area contributed by atoms with Gasteiger partial charge in [-0.2, -0.15) is 0 Å². The fraction of sp³-hybridized carbons (Fsp3) is 0.167. The fourth-order valence-corrected chi connectivity index (χ4v) is 2.67. The molecule has 0 atom stereocenters. The Balaban J connectivity index is 1.64. The minimum atomic E-state index is -0.439. The number of aryl methyl sites for hydroxylation is 1. The number of rotatable bonds is 6. The highest BCUT2D eigenvalue weighted by molar-refractivity contribution is 9.10. The molecule has 0 aliphatic rings. The lowest BCUT2D eigenvalue weighted by Gasteiger charge is -2.11. The van der Waals surface area contributed by atoms with E-state index in [0.717, 1.165) is 10.0 Å². The Hall–Kier alpha value is -2.16. The van der Waals surface area contributed by atoms with Crippen molar-refractivity contribution in [1.29, 1.82) is 0 Å². The van der Waals surface area contributed by atoms with E-state index in [2.05, 4.69) is 32.1 Å². The zero-order chi connectivity index (χ0) is 19.6. The van der Waals surface area contributed by atoms with Gasteiger partial charge in [-0.3, -0.25) is 20.4 Å². The minimum absolute atomic E-state index is 0.00356. The van der Waals surface area contributed by atoms with Crippen LogP contribution in [0.2, 0.25) is 5.02 Å². The van der Waals surface area contributed by atoms with Gasteiger partial charge in [-0.05, 0) is 54.5 Å². The van der Waals surface area contributed by atoms with Gasteiger partial charge in [-0.25, -0.2) is 0 Å². The van der Waals surface area contributed by atoms with Crippen molar-refractivity contribution in [3.63, 3.8) is 0 Å². The molecule has 0 aliphatic carbocycles. The SMILES string of the molecule is O=C(COc1ccc(Br)cc1)NNC(=S)NC(=O)CCc1ccccc1Cl. The van der Waals surface area contributed by atoms with E-state index in [1.165, 1.54) is 0 Å². The van der Waals surface area contributed by atoms with Gasteiger partial charge in [0.2, 0.25) is 5.91 Å². The standard InChI is InChI=1S/C18H17BrClN3O3S/c19-13-6-8-14(9-7-13)26-11-17(25)22-23-18(27)21-16(24)10-5-12-3-1-2-4-15(12)20/h1-4,6-9H,5,10-11H2,(H,22,25)(H2,21,23,24,27). The van der Waals surface area contributed by atoms with Gasteiger partial charge >= 0.3 is 0 Å². The van der Waals surface area contributed by atoms with E-state index in [0.29, 0.717) is 17.2 Å². The van der Waals surface area contributed by atoms with Crippen molar-refractivity contribution in [2.45, 2.75) is 12.8 Å². The number of hydrogen-bond acceptors (Lipinski definition) is 4. The molecule has 0 unspecified atom stereocenters. The number of benzene rings is 2. The number of ether oxygens (including phenoxy) is 1. The summed E-state index contributed by atoms with van der Waals surface area (Å²) < 4.78 is 6.23. The molecule has 0 fully saturated rings. The quantitative estimate of drug-likeness (QED) is 0.446. The summed E-state index contributed by atoms with van der Waals surface area (Å²) in [4.78, 5) is 23.6. The number of nitrogens with one attached hydrogen (secondary N) is 3. The Morgan fingerprint density at radius 2 is 1.74 bits per heavy atom. The molecule has 2 aromatic carbocycles. The minimum Gasteiger partial charge on any atom is -0.484 e. The largest absolute Gasteiger partial charge is 0.484 e. The van der Waals surface area contributed by atoms with Crippen LogP contribution in [-0.2, 0) is 16.0 Å². The van der Waals surface area contributed by atoms with E-state index in [-0.39, 0.29) is 24.0 Å². The predicted octanol–water partition coefficient (Wildman–Crippen LogP) is 3.14. The van der Waals surface area contributed by atoms with Crippen LogP contribution in [0, 0.1) is 0 Å². The van der Waals surface area contributed by atoms with Gasteiger partial charge < -0.3 is 10.1 Å². The van der Waals surface area contributed by atoms with Gasteiger partial charge in [0.1, 0.15) is 5.75 Å².